The minimum absolute atomic E-state index is 0.0267. The molecule has 30 heavy (non-hydrogen) atoms. The maximum absolute atomic E-state index is 12.3. The first-order valence-electron chi connectivity index (χ1n) is 9.43. The van der Waals surface area contributed by atoms with Gasteiger partial charge in [-0.25, -0.2) is 4.79 Å². The van der Waals surface area contributed by atoms with Gasteiger partial charge in [0.2, 0.25) is 11.9 Å². The number of allylic oxidation sites excluding steroid dienone is 1. The van der Waals surface area contributed by atoms with Gasteiger partial charge in [0.25, 0.3) is 0 Å². The van der Waals surface area contributed by atoms with Crippen molar-refractivity contribution in [2.75, 3.05) is 6.61 Å². The first-order chi connectivity index (χ1) is 14.3. The van der Waals surface area contributed by atoms with Crippen molar-refractivity contribution in [1.29, 1.82) is 0 Å². The smallest absolute Gasteiger partial charge is 0.350 e. The van der Waals surface area contributed by atoms with E-state index >= 15 is 0 Å². The van der Waals surface area contributed by atoms with Gasteiger partial charge in [-0.05, 0) is 18.6 Å². The Hall–Kier alpha value is -2.34. The van der Waals surface area contributed by atoms with Crippen LogP contribution < -0.4 is 4.74 Å². The second-order valence-corrected chi connectivity index (χ2v) is 7.13. The summed E-state index contributed by atoms with van der Waals surface area (Å²) >= 11 is 0. The SMILES string of the molecule is O=C1CCC=C[C@@]1(O)C(=O)OCc1ccccc1O[C@H]1O[C@H](CO)[C@@H](O)[C@H](O)[C@H]1O. The molecule has 2 aliphatic rings. The van der Waals surface area contributed by atoms with E-state index in [4.69, 9.17) is 14.2 Å². The summed E-state index contributed by atoms with van der Waals surface area (Å²) in [6.45, 7) is -0.958. The van der Waals surface area contributed by atoms with Crippen molar-refractivity contribution in [1.82, 2.24) is 0 Å². The van der Waals surface area contributed by atoms with Crippen molar-refractivity contribution in [2.45, 2.75) is 55.8 Å². The third kappa shape index (κ3) is 4.38. The zero-order chi connectivity index (χ0) is 21.9. The van der Waals surface area contributed by atoms with Crippen LogP contribution in [0.15, 0.2) is 36.4 Å². The van der Waals surface area contributed by atoms with Crippen LogP contribution in [0.2, 0.25) is 0 Å². The number of hydrogen-bond acceptors (Lipinski definition) is 10. The molecule has 0 bridgehead atoms. The second kappa shape index (κ2) is 9.21. The Morgan fingerprint density at radius 3 is 2.60 bits per heavy atom. The normalized spacial score (nSPS) is 33.9. The van der Waals surface area contributed by atoms with Gasteiger partial charge < -0.3 is 39.7 Å². The number of aliphatic hydroxyl groups excluding tert-OH is 4. The molecular formula is C20H24O10. The highest BCUT2D eigenvalue weighted by atomic mass is 16.7. The molecule has 0 saturated carbocycles. The third-order valence-corrected chi connectivity index (χ3v) is 5.06. The monoisotopic (exact) mass is 424 g/mol. The zero-order valence-electron chi connectivity index (χ0n) is 16.0. The maximum atomic E-state index is 12.3. The van der Waals surface area contributed by atoms with Crippen LogP contribution in [0, 0.1) is 0 Å². The molecule has 0 spiro atoms. The van der Waals surface area contributed by atoms with Crippen molar-refractivity contribution in [3.8, 4) is 5.75 Å². The minimum Gasteiger partial charge on any atom is -0.462 e. The van der Waals surface area contributed by atoms with Crippen LogP contribution in [0.4, 0.5) is 0 Å². The van der Waals surface area contributed by atoms with Gasteiger partial charge >= 0.3 is 5.97 Å². The average Bonchev–Trinajstić information content (AvgIpc) is 2.75. The van der Waals surface area contributed by atoms with Gasteiger partial charge in [0.15, 0.2) is 5.78 Å². The van der Waals surface area contributed by atoms with Crippen molar-refractivity contribution >= 4 is 11.8 Å². The topological polar surface area (TPSA) is 163 Å². The number of carbonyl (C=O) groups is 2. The van der Waals surface area contributed by atoms with E-state index in [9.17, 15) is 35.1 Å². The van der Waals surface area contributed by atoms with Crippen molar-refractivity contribution < 1.29 is 49.3 Å². The molecule has 1 heterocycles. The fourth-order valence-corrected chi connectivity index (χ4v) is 3.21. The number of hydrogen-bond donors (Lipinski definition) is 5. The number of benzene rings is 1. The van der Waals surface area contributed by atoms with E-state index in [1.165, 1.54) is 12.1 Å². The maximum Gasteiger partial charge on any atom is 0.350 e. The van der Waals surface area contributed by atoms with Crippen molar-refractivity contribution in [2.24, 2.45) is 0 Å². The first kappa shape index (κ1) is 22.3. The molecule has 10 heteroatoms. The molecule has 10 nitrogen and oxygen atoms in total. The lowest BCUT2D eigenvalue weighted by molar-refractivity contribution is -0.277. The van der Waals surface area contributed by atoms with Crippen LogP contribution in [0.3, 0.4) is 0 Å². The largest absolute Gasteiger partial charge is 0.462 e. The second-order valence-electron chi connectivity index (χ2n) is 7.13. The van der Waals surface area contributed by atoms with Crippen molar-refractivity contribution in [3.05, 3.63) is 42.0 Å². The molecule has 1 fully saturated rings. The van der Waals surface area contributed by atoms with Crippen LogP contribution in [-0.4, -0.2) is 80.2 Å². The molecule has 5 N–H and O–H groups in total. The highest BCUT2D eigenvalue weighted by Gasteiger charge is 2.45. The molecule has 0 unspecified atom stereocenters. The lowest BCUT2D eigenvalue weighted by Crippen LogP contribution is -2.60. The fraction of sp³-hybridized carbons (Fsp3) is 0.500. The molecule has 1 aromatic carbocycles. The van der Waals surface area contributed by atoms with E-state index in [2.05, 4.69) is 0 Å². The molecule has 3 rings (SSSR count). The molecule has 1 saturated heterocycles. The van der Waals surface area contributed by atoms with Crippen LogP contribution >= 0.6 is 0 Å². The zero-order valence-corrected chi connectivity index (χ0v) is 16.0. The number of ketones is 1. The van der Waals surface area contributed by atoms with Crippen LogP contribution in [0.1, 0.15) is 18.4 Å². The Kier molecular flexibility index (Phi) is 6.86. The van der Waals surface area contributed by atoms with Gasteiger partial charge in [0.1, 0.15) is 36.8 Å². The predicted octanol–water partition coefficient (Wildman–Crippen LogP) is -1.44. The minimum atomic E-state index is -2.33. The van der Waals surface area contributed by atoms with Gasteiger partial charge in [-0.3, -0.25) is 4.79 Å². The number of carbonyl (C=O) groups excluding carboxylic acids is 2. The summed E-state index contributed by atoms with van der Waals surface area (Å²) in [4.78, 5) is 24.2. The lowest BCUT2D eigenvalue weighted by atomic mass is 9.90. The molecular weight excluding hydrogens is 400 g/mol. The highest BCUT2D eigenvalue weighted by Crippen LogP contribution is 2.28. The summed E-state index contributed by atoms with van der Waals surface area (Å²) in [6.07, 6.45) is -4.20. The first-order valence-corrected chi connectivity index (χ1v) is 9.43. The van der Waals surface area contributed by atoms with E-state index in [1.54, 1.807) is 18.2 Å². The fourth-order valence-electron chi connectivity index (χ4n) is 3.21. The van der Waals surface area contributed by atoms with Crippen molar-refractivity contribution in [3.63, 3.8) is 0 Å². The summed E-state index contributed by atoms with van der Waals surface area (Å²) in [5, 5.41) is 49.4. The summed E-state index contributed by atoms with van der Waals surface area (Å²) in [5.41, 5.74) is -2.00. The standard InChI is InChI=1S/C20H24O10/c21-9-13-15(23)16(24)17(25)18(30-13)29-12-6-2-1-5-11(12)10-28-19(26)20(27)8-4-3-7-14(20)22/h1-2,4-6,8,13,15-18,21,23-25,27H,3,7,9-10H2/t13-,15-,16+,17-,18+,20+/m1/s1. The van der Waals surface area contributed by atoms with Gasteiger partial charge in [0.05, 0.1) is 6.61 Å². The van der Waals surface area contributed by atoms with Gasteiger partial charge in [0, 0.05) is 12.0 Å². The third-order valence-electron chi connectivity index (χ3n) is 5.06. The van der Waals surface area contributed by atoms with E-state index < -0.39 is 54.7 Å². The summed E-state index contributed by atoms with van der Waals surface area (Å²) in [7, 11) is 0. The Balaban J connectivity index is 1.70. The van der Waals surface area contributed by atoms with Gasteiger partial charge in [-0.15, -0.1) is 0 Å². The Labute approximate surface area is 171 Å². The van der Waals surface area contributed by atoms with Crippen LogP contribution in [0.5, 0.6) is 5.75 Å². The molecule has 0 aromatic heterocycles. The molecule has 1 aliphatic heterocycles. The summed E-state index contributed by atoms with van der Waals surface area (Å²) in [6, 6.07) is 6.27. The van der Waals surface area contributed by atoms with Gasteiger partial charge in [-0.1, -0.05) is 24.3 Å². The van der Waals surface area contributed by atoms with E-state index in [0.29, 0.717) is 12.0 Å². The van der Waals surface area contributed by atoms with E-state index in [-0.39, 0.29) is 18.8 Å². The number of para-hydroxylation sites is 1. The predicted molar refractivity (Wildman–Crippen MR) is 99.0 cm³/mol. The number of ether oxygens (including phenoxy) is 3. The number of Topliss-reactive ketones (excluding diaryl/α,β-unsaturated/α-hetero) is 1. The molecule has 1 aliphatic carbocycles. The Bertz CT molecular complexity index is 807. The Morgan fingerprint density at radius 2 is 1.90 bits per heavy atom. The molecule has 0 amide bonds. The molecule has 164 valence electrons. The van der Waals surface area contributed by atoms with Crippen LogP contribution in [0.25, 0.3) is 0 Å². The van der Waals surface area contributed by atoms with Gasteiger partial charge in [-0.2, -0.15) is 0 Å². The molecule has 1 aromatic rings. The summed E-state index contributed by atoms with van der Waals surface area (Å²) in [5.74, 6) is -1.64. The average molecular weight is 424 g/mol. The number of esters is 1. The summed E-state index contributed by atoms with van der Waals surface area (Å²) < 4.78 is 16.0. The highest BCUT2D eigenvalue weighted by molar-refractivity contribution is 6.09. The van der Waals surface area contributed by atoms with E-state index in [1.807, 2.05) is 0 Å². The number of aliphatic hydroxyl groups is 5. The van der Waals surface area contributed by atoms with E-state index in [0.717, 1.165) is 6.08 Å². The van der Waals surface area contributed by atoms with Crippen LogP contribution in [-0.2, 0) is 25.7 Å². The Morgan fingerprint density at radius 1 is 1.17 bits per heavy atom. The number of rotatable bonds is 6. The lowest BCUT2D eigenvalue weighted by Gasteiger charge is -2.39. The molecule has 6 atom stereocenters. The quantitative estimate of drug-likeness (QED) is 0.208. The molecule has 0 radical (unpaired) electrons.